The van der Waals surface area contributed by atoms with E-state index in [1.165, 1.54) is 0 Å². The van der Waals surface area contributed by atoms with Crippen LogP contribution in [-0.2, 0) is 0 Å². The summed E-state index contributed by atoms with van der Waals surface area (Å²) in [4.78, 5) is 10.6. The van der Waals surface area contributed by atoms with Gasteiger partial charge in [0.15, 0.2) is 0 Å². The van der Waals surface area contributed by atoms with Gasteiger partial charge in [-0.15, -0.1) is 0 Å². The zero-order chi connectivity index (χ0) is 12.5. The van der Waals surface area contributed by atoms with Crippen molar-refractivity contribution in [2.24, 2.45) is 5.73 Å². The fourth-order valence-corrected chi connectivity index (χ4v) is 1.16. The van der Waals surface area contributed by atoms with E-state index in [0.717, 1.165) is 12.1 Å². The first-order chi connectivity index (χ1) is 7.23. The monoisotopic (exact) mass is 237 g/mol. The number of aromatic carboxylic acids is 1. The molecule has 0 fully saturated rings. The average molecular weight is 237 g/mol. The largest absolute Gasteiger partial charge is 0.478 e. The molecule has 0 aliphatic heterocycles. The number of carboxylic acids is 1. The van der Waals surface area contributed by atoms with Crippen LogP contribution in [0.3, 0.4) is 0 Å². The second-order valence-electron chi connectivity index (χ2n) is 3.06. The van der Waals surface area contributed by atoms with Crippen LogP contribution in [0.2, 0.25) is 0 Å². The number of carbonyl (C=O) groups is 1. The highest BCUT2D eigenvalue weighted by atomic mass is 19.4. The van der Waals surface area contributed by atoms with E-state index < -0.39 is 35.1 Å². The van der Waals surface area contributed by atoms with E-state index in [9.17, 15) is 22.4 Å². The summed E-state index contributed by atoms with van der Waals surface area (Å²) in [5.74, 6) is -2.59. The lowest BCUT2D eigenvalue weighted by atomic mass is 10.0. The molecule has 1 atom stereocenters. The Bertz CT molecular complexity index is 416. The number of alkyl halides is 3. The molecular weight excluding hydrogens is 230 g/mol. The highest BCUT2D eigenvalue weighted by Gasteiger charge is 2.39. The van der Waals surface area contributed by atoms with Crippen molar-refractivity contribution < 1.29 is 27.5 Å². The molecule has 0 radical (unpaired) electrons. The Morgan fingerprint density at radius 3 is 2.38 bits per heavy atom. The Hall–Kier alpha value is -1.63. The molecule has 0 spiro atoms. The third-order valence-electron chi connectivity index (χ3n) is 1.93. The predicted octanol–water partition coefficient (Wildman–Crippen LogP) is 2.09. The molecule has 1 aromatic rings. The first-order valence-electron chi connectivity index (χ1n) is 4.08. The molecule has 0 bridgehead atoms. The Morgan fingerprint density at radius 2 is 1.94 bits per heavy atom. The van der Waals surface area contributed by atoms with E-state index in [2.05, 4.69) is 0 Å². The van der Waals surface area contributed by atoms with Crippen molar-refractivity contribution >= 4 is 5.97 Å². The van der Waals surface area contributed by atoms with E-state index in [-0.39, 0.29) is 0 Å². The van der Waals surface area contributed by atoms with E-state index in [4.69, 9.17) is 10.8 Å². The van der Waals surface area contributed by atoms with E-state index in [1.54, 1.807) is 0 Å². The van der Waals surface area contributed by atoms with Gasteiger partial charge in [-0.25, -0.2) is 9.18 Å². The van der Waals surface area contributed by atoms with Crippen LogP contribution in [0, 0.1) is 5.82 Å². The standard InChI is InChI=1S/C9H7F4NO2/c10-4-1-2-5(6(3-4)8(15)16)7(14)9(11,12)13/h1-3,7H,14H2,(H,15,16)/t7-/m0/s1. The summed E-state index contributed by atoms with van der Waals surface area (Å²) in [6, 6.07) is -0.493. The highest BCUT2D eigenvalue weighted by Crippen LogP contribution is 2.32. The summed E-state index contributed by atoms with van der Waals surface area (Å²) in [5, 5.41) is 8.62. The summed E-state index contributed by atoms with van der Waals surface area (Å²) >= 11 is 0. The smallest absolute Gasteiger partial charge is 0.407 e. The highest BCUT2D eigenvalue weighted by molar-refractivity contribution is 5.89. The van der Waals surface area contributed by atoms with Crippen LogP contribution in [-0.4, -0.2) is 17.3 Å². The van der Waals surface area contributed by atoms with Crippen molar-refractivity contribution in [1.82, 2.24) is 0 Å². The molecule has 0 aliphatic carbocycles. The molecule has 0 saturated heterocycles. The van der Waals surface area contributed by atoms with Crippen LogP contribution >= 0.6 is 0 Å². The van der Waals surface area contributed by atoms with Gasteiger partial charge >= 0.3 is 12.1 Å². The third-order valence-corrected chi connectivity index (χ3v) is 1.93. The Balaban J connectivity index is 3.28. The van der Waals surface area contributed by atoms with E-state index in [1.807, 2.05) is 0 Å². The summed E-state index contributed by atoms with van der Waals surface area (Å²) < 4.78 is 49.5. The molecule has 1 aromatic carbocycles. The average Bonchev–Trinajstić information content (AvgIpc) is 2.15. The number of carboxylic acid groups (broad SMARTS) is 1. The lowest BCUT2D eigenvalue weighted by Gasteiger charge is -2.17. The van der Waals surface area contributed by atoms with Gasteiger partial charge in [0.05, 0.1) is 5.56 Å². The first kappa shape index (κ1) is 12.4. The normalized spacial score (nSPS) is 13.6. The molecule has 3 N–H and O–H groups in total. The van der Waals surface area contributed by atoms with Gasteiger partial charge < -0.3 is 10.8 Å². The maximum Gasteiger partial charge on any atom is 0.407 e. The van der Waals surface area contributed by atoms with Crippen molar-refractivity contribution in [2.75, 3.05) is 0 Å². The second kappa shape index (κ2) is 4.09. The number of benzene rings is 1. The lowest BCUT2D eigenvalue weighted by Crippen LogP contribution is -2.30. The minimum atomic E-state index is -4.78. The molecule has 88 valence electrons. The predicted molar refractivity (Wildman–Crippen MR) is 46.3 cm³/mol. The maximum atomic E-state index is 12.7. The molecule has 0 unspecified atom stereocenters. The van der Waals surface area contributed by atoms with Gasteiger partial charge in [0.1, 0.15) is 11.9 Å². The van der Waals surface area contributed by atoms with Gasteiger partial charge in [-0.2, -0.15) is 13.2 Å². The van der Waals surface area contributed by atoms with Crippen molar-refractivity contribution in [2.45, 2.75) is 12.2 Å². The molecular formula is C9H7F4NO2. The maximum absolute atomic E-state index is 12.7. The van der Waals surface area contributed by atoms with Gasteiger partial charge in [0.25, 0.3) is 0 Å². The van der Waals surface area contributed by atoms with Gasteiger partial charge in [-0.05, 0) is 17.7 Å². The first-order valence-corrected chi connectivity index (χ1v) is 4.08. The van der Waals surface area contributed by atoms with Gasteiger partial charge in [-0.1, -0.05) is 6.07 Å². The number of nitrogens with two attached hydrogens (primary N) is 1. The van der Waals surface area contributed by atoms with Gasteiger partial charge in [0, 0.05) is 0 Å². The number of hydrogen-bond acceptors (Lipinski definition) is 2. The molecule has 0 saturated carbocycles. The van der Waals surface area contributed by atoms with Crippen molar-refractivity contribution in [3.05, 3.63) is 35.1 Å². The minimum absolute atomic E-state index is 0.503. The molecule has 0 amide bonds. The zero-order valence-electron chi connectivity index (χ0n) is 7.75. The summed E-state index contributed by atoms with van der Waals surface area (Å²) in [6.07, 6.45) is -4.78. The third kappa shape index (κ3) is 2.48. The topological polar surface area (TPSA) is 63.3 Å². The molecule has 0 heterocycles. The number of halogens is 4. The number of rotatable bonds is 2. The molecule has 16 heavy (non-hydrogen) atoms. The molecule has 0 aliphatic rings. The summed E-state index contributed by atoms with van der Waals surface area (Å²) in [5.41, 5.74) is 3.40. The Labute approximate surface area is 87.5 Å². The van der Waals surface area contributed by atoms with E-state index in [0.29, 0.717) is 6.07 Å². The van der Waals surface area contributed by atoms with Gasteiger partial charge in [0.2, 0.25) is 0 Å². The van der Waals surface area contributed by atoms with Crippen LogP contribution in [0.4, 0.5) is 17.6 Å². The fraction of sp³-hybridized carbons (Fsp3) is 0.222. The van der Waals surface area contributed by atoms with Crippen LogP contribution in [0.5, 0.6) is 0 Å². The SMILES string of the molecule is N[C@@H](c1ccc(F)cc1C(=O)O)C(F)(F)F. The minimum Gasteiger partial charge on any atom is -0.478 e. The van der Waals surface area contributed by atoms with Crippen molar-refractivity contribution in [3.63, 3.8) is 0 Å². The Morgan fingerprint density at radius 1 is 1.38 bits per heavy atom. The van der Waals surface area contributed by atoms with E-state index >= 15 is 0 Å². The summed E-state index contributed by atoms with van der Waals surface area (Å²) in [6.45, 7) is 0. The lowest BCUT2D eigenvalue weighted by molar-refractivity contribution is -0.149. The molecule has 3 nitrogen and oxygen atoms in total. The zero-order valence-corrected chi connectivity index (χ0v) is 7.75. The molecule has 7 heteroatoms. The van der Waals surface area contributed by atoms with Crippen LogP contribution in [0.15, 0.2) is 18.2 Å². The molecule has 1 rings (SSSR count). The quantitative estimate of drug-likeness (QED) is 0.774. The van der Waals surface area contributed by atoms with Crippen LogP contribution < -0.4 is 5.73 Å². The van der Waals surface area contributed by atoms with Crippen molar-refractivity contribution in [3.8, 4) is 0 Å². The van der Waals surface area contributed by atoms with Crippen LogP contribution in [0.1, 0.15) is 22.0 Å². The van der Waals surface area contributed by atoms with Gasteiger partial charge in [-0.3, -0.25) is 0 Å². The molecule has 0 aromatic heterocycles. The fourth-order valence-electron chi connectivity index (χ4n) is 1.16. The Kier molecular flexibility index (Phi) is 3.18. The number of hydrogen-bond donors (Lipinski definition) is 2. The van der Waals surface area contributed by atoms with Crippen molar-refractivity contribution in [1.29, 1.82) is 0 Å². The van der Waals surface area contributed by atoms with Crippen LogP contribution in [0.25, 0.3) is 0 Å². The second-order valence-corrected chi connectivity index (χ2v) is 3.06. The summed E-state index contributed by atoms with van der Waals surface area (Å²) in [7, 11) is 0.